The van der Waals surface area contributed by atoms with Gasteiger partial charge in [-0.25, -0.2) is 0 Å². The van der Waals surface area contributed by atoms with Gasteiger partial charge in [0.15, 0.2) is 0 Å². The van der Waals surface area contributed by atoms with Gasteiger partial charge in [-0.15, -0.1) is 0 Å². The molecule has 0 aromatic heterocycles. The number of amides is 1. The molecule has 1 heterocycles. The predicted molar refractivity (Wildman–Crippen MR) is 89.5 cm³/mol. The number of fused-ring (bicyclic) bond motifs is 1. The lowest BCUT2D eigenvalue weighted by atomic mass is 9.83. The minimum Gasteiger partial charge on any atom is -0.314 e. The molecule has 1 aromatic carbocycles. The van der Waals surface area contributed by atoms with Crippen molar-refractivity contribution in [2.45, 2.75) is 38.0 Å². The van der Waals surface area contributed by atoms with E-state index in [4.69, 9.17) is 11.6 Å². The molecule has 0 radical (unpaired) electrons. The molecule has 0 aliphatic carbocycles. The number of benzene rings is 1. The summed E-state index contributed by atoms with van der Waals surface area (Å²) < 4.78 is 0. The smallest absolute Gasteiger partial charge is 0.241 e. The largest absolute Gasteiger partial charge is 0.314 e. The van der Waals surface area contributed by atoms with Crippen molar-refractivity contribution < 1.29 is 4.79 Å². The Morgan fingerprint density at radius 1 is 1.35 bits per heavy atom. The van der Waals surface area contributed by atoms with Crippen LogP contribution in [0, 0.1) is 0 Å². The second-order valence-corrected chi connectivity index (χ2v) is 12.9. The maximum Gasteiger partial charge on any atom is 0.241 e. The van der Waals surface area contributed by atoms with Gasteiger partial charge in [-0.2, -0.15) is 0 Å². The van der Waals surface area contributed by atoms with E-state index in [1.165, 1.54) is 0 Å². The number of anilines is 1. The van der Waals surface area contributed by atoms with Crippen LogP contribution in [0.2, 0.25) is 30.7 Å². The molecule has 0 fully saturated rings. The van der Waals surface area contributed by atoms with Gasteiger partial charge in [0.2, 0.25) is 5.91 Å². The molecule has 0 saturated carbocycles. The topological polar surface area (TPSA) is 20.3 Å². The van der Waals surface area contributed by atoms with Crippen molar-refractivity contribution in [1.29, 1.82) is 0 Å². The van der Waals surface area contributed by atoms with Crippen LogP contribution in [-0.4, -0.2) is 21.0 Å². The Bertz CT molecular complexity index is 576. The van der Waals surface area contributed by atoms with Crippen molar-refractivity contribution >= 4 is 31.3 Å². The number of hydrogen-bond donors (Lipinski definition) is 0. The second kappa shape index (κ2) is 5.04. The average molecular weight is 308 g/mol. The molecule has 1 aliphatic heterocycles. The SMILES string of the molecule is CN1C(=O)C(C)(/C=C/C[Si](C)(C)C)c2ccc(Cl)cc21. The molecule has 20 heavy (non-hydrogen) atoms. The normalized spacial score (nSPS) is 22.7. The van der Waals surface area contributed by atoms with E-state index in [1.54, 1.807) is 4.90 Å². The van der Waals surface area contributed by atoms with Gasteiger partial charge in [-0.1, -0.05) is 49.5 Å². The Balaban J connectivity index is 2.40. The molecular weight excluding hydrogens is 286 g/mol. The first kappa shape index (κ1) is 15.3. The minimum absolute atomic E-state index is 0.113. The quantitative estimate of drug-likeness (QED) is 0.596. The van der Waals surface area contributed by atoms with Gasteiger partial charge in [0, 0.05) is 25.8 Å². The number of halogens is 1. The van der Waals surface area contributed by atoms with Gasteiger partial charge in [-0.05, 0) is 30.7 Å². The molecule has 1 amide bonds. The van der Waals surface area contributed by atoms with Crippen molar-refractivity contribution in [2.24, 2.45) is 0 Å². The van der Waals surface area contributed by atoms with E-state index in [1.807, 2.05) is 32.2 Å². The molecule has 0 N–H and O–H groups in total. The number of carbonyl (C=O) groups is 1. The predicted octanol–water partition coefficient (Wildman–Crippen LogP) is 4.47. The first-order chi connectivity index (χ1) is 9.15. The van der Waals surface area contributed by atoms with Gasteiger partial charge in [-0.3, -0.25) is 4.79 Å². The number of likely N-dealkylation sites (N-methyl/N-ethyl adjacent to an activating group) is 1. The third kappa shape index (κ3) is 2.70. The summed E-state index contributed by atoms with van der Waals surface area (Å²) in [5, 5.41) is 0.665. The Labute approximate surface area is 127 Å². The van der Waals surface area contributed by atoms with E-state index in [2.05, 4.69) is 31.8 Å². The lowest BCUT2D eigenvalue weighted by molar-refractivity contribution is -0.120. The molecule has 1 aliphatic rings. The fraction of sp³-hybridized carbons (Fsp3) is 0.438. The van der Waals surface area contributed by atoms with E-state index in [-0.39, 0.29) is 5.91 Å². The van der Waals surface area contributed by atoms with Crippen LogP contribution < -0.4 is 4.90 Å². The molecule has 2 rings (SSSR count). The summed E-state index contributed by atoms with van der Waals surface area (Å²) in [7, 11) is 0.680. The highest BCUT2D eigenvalue weighted by Crippen LogP contribution is 2.43. The van der Waals surface area contributed by atoms with Crippen LogP contribution in [0.25, 0.3) is 0 Å². The molecule has 1 aromatic rings. The fourth-order valence-corrected chi connectivity index (χ4v) is 3.59. The zero-order valence-electron chi connectivity index (χ0n) is 12.8. The summed E-state index contributed by atoms with van der Waals surface area (Å²) in [6.45, 7) is 8.98. The number of carbonyl (C=O) groups excluding carboxylic acids is 1. The standard InChI is InChI=1S/C16H22ClNOSi/c1-16(9-6-10-20(3,4)5)13-8-7-12(17)11-14(13)18(2)15(16)19/h6-9,11H,10H2,1-5H3/b9-6+. The molecule has 4 heteroatoms. The number of nitrogens with zero attached hydrogens (tertiary/aromatic N) is 1. The first-order valence-corrected chi connectivity index (χ1v) is 11.0. The Hall–Kier alpha value is -1.06. The van der Waals surface area contributed by atoms with Crippen molar-refractivity contribution in [1.82, 2.24) is 0 Å². The summed E-state index contributed by atoms with van der Waals surface area (Å²) in [5.74, 6) is 0.113. The molecule has 0 spiro atoms. The summed E-state index contributed by atoms with van der Waals surface area (Å²) in [4.78, 5) is 14.3. The lowest BCUT2D eigenvalue weighted by Crippen LogP contribution is -2.34. The molecule has 1 unspecified atom stereocenters. The van der Waals surface area contributed by atoms with Crippen LogP contribution in [-0.2, 0) is 10.2 Å². The molecule has 108 valence electrons. The van der Waals surface area contributed by atoms with Gasteiger partial charge >= 0.3 is 0 Å². The highest BCUT2D eigenvalue weighted by Gasteiger charge is 2.44. The van der Waals surface area contributed by atoms with Crippen molar-refractivity contribution in [3.05, 3.63) is 40.9 Å². The monoisotopic (exact) mass is 307 g/mol. The van der Waals surface area contributed by atoms with E-state index < -0.39 is 13.5 Å². The third-order valence-corrected chi connectivity index (χ3v) is 5.51. The van der Waals surface area contributed by atoms with Crippen molar-refractivity contribution in [2.75, 3.05) is 11.9 Å². The molecule has 0 bridgehead atoms. The zero-order valence-corrected chi connectivity index (χ0v) is 14.6. The molecule has 2 nitrogen and oxygen atoms in total. The van der Waals surface area contributed by atoms with Crippen LogP contribution in [0.5, 0.6) is 0 Å². The summed E-state index contributed by atoms with van der Waals surface area (Å²) >= 11 is 6.04. The van der Waals surface area contributed by atoms with Gasteiger partial charge < -0.3 is 4.90 Å². The number of hydrogen-bond acceptors (Lipinski definition) is 1. The fourth-order valence-electron chi connectivity index (χ4n) is 2.60. The van der Waals surface area contributed by atoms with Gasteiger partial charge in [0.05, 0.1) is 5.41 Å². The van der Waals surface area contributed by atoms with E-state index in [9.17, 15) is 4.79 Å². The highest BCUT2D eigenvalue weighted by molar-refractivity contribution is 6.76. The minimum atomic E-state index is -1.13. The molecular formula is C16H22ClNOSi. The van der Waals surface area contributed by atoms with Crippen LogP contribution in [0.15, 0.2) is 30.4 Å². The van der Waals surface area contributed by atoms with Gasteiger partial charge in [0.1, 0.15) is 0 Å². The van der Waals surface area contributed by atoms with Crippen LogP contribution >= 0.6 is 11.6 Å². The summed E-state index contributed by atoms with van der Waals surface area (Å²) in [6, 6.07) is 6.78. The maximum atomic E-state index is 12.6. The van der Waals surface area contributed by atoms with E-state index >= 15 is 0 Å². The van der Waals surface area contributed by atoms with Crippen molar-refractivity contribution in [3.63, 3.8) is 0 Å². The summed E-state index contributed by atoms with van der Waals surface area (Å²) in [5.41, 5.74) is 1.40. The Morgan fingerprint density at radius 2 is 2.00 bits per heavy atom. The zero-order chi connectivity index (χ0) is 15.1. The van der Waals surface area contributed by atoms with Crippen LogP contribution in [0.3, 0.4) is 0 Å². The number of rotatable bonds is 3. The Morgan fingerprint density at radius 3 is 2.60 bits per heavy atom. The first-order valence-electron chi connectivity index (χ1n) is 6.91. The summed E-state index contributed by atoms with van der Waals surface area (Å²) in [6.07, 6.45) is 4.26. The van der Waals surface area contributed by atoms with E-state index in [0.29, 0.717) is 5.02 Å². The van der Waals surface area contributed by atoms with Crippen LogP contribution in [0.1, 0.15) is 12.5 Å². The molecule has 1 atom stereocenters. The second-order valence-electron chi connectivity index (χ2n) is 6.90. The average Bonchev–Trinajstić information content (AvgIpc) is 2.50. The number of allylic oxidation sites excluding steroid dienone is 1. The third-order valence-electron chi connectivity index (χ3n) is 3.81. The van der Waals surface area contributed by atoms with Crippen LogP contribution in [0.4, 0.5) is 5.69 Å². The van der Waals surface area contributed by atoms with Gasteiger partial charge in [0.25, 0.3) is 0 Å². The lowest BCUT2D eigenvalue weighted by Gasteiger charge is -2.20. The Kier molecular flexibility index (Phi) is 3.87. The highest BCUT2D eigenvalue weighted by atomic mass is 35.5. The van der Waals surface area contributed by atoms with E-state index in [0.717, 1.165) is 17.3 Å². The maximum absolute atomic E-state index is 12.6. The molecule has 0 saturated heterocycles. The van der Waals surface area contributed by atoms with Crippen molar-refractivity contribution in [3.8, 4) is 0 Å².